The van der Waals surface area contributed by atoms with E-state index in [1.54, 1.807) is 16.4 Å². The lowest BCUT2D eigenvalue weighted by atomic mass is 9.95. The molecule has 0 spiro atoms. The first-order chi connectivity index (χ1) is 16.0. The Kier molecular flexibility index (Phi) is 7.25. The van der Waals surface area contributed by atoms with E-state index < -0.39 is 12.0 Å². The van der Waals surface area contributed by atoms with Gasteiger partial charge in [0.25, 0.3) is 0 Å². The van der Waals surface area contributed by atoms with Crippen LogP contribution in [0.2, 0.25) is 5.02 Å². The molecule has 2 heterocycles. The highest BCUT2D eigenvalue weighted by Gasteiger charge is 2.35. The topological polar surface area (TPSA) is 78.3 Å². The summed E-state index contributed by atoms with van der Waals surface area (Å²) >= 11 is 7.55. The van der Waals surface area contributed by atoms with E-state index in [1.165, 1.54) is 7.11 Å². The van der Waals surface area contributed by atoms with E-state index >= 15 is 0 Å². The molecule has 0 fully saturated rings. The molecule has 0 saturated heterocycles. The van der Waals surface area contributed by atoms with Crippen LogP contribution in [0.1, 0.15) is 37.4 Å². The van der Waals surface area contributed by atoms with E-state index in [-0.39, 0.29) is 0 Å². The number of carbonyl (C=O) groups excluding carboxylic acids is 1. The zero-order chi connectivity index (χ0) is 23.4. The minimum Gasteiger partial charge on any atom is -0.489 e. The molecule has 0 radical (unpaired) electrons. The van der Waals surface area contributed by atoms with Gasteiger partial charge < -0.3 is 14.8 Å². The average Bonchev–Trinajstić information content (AvgIpc) is 3.23. The number of hydrogen-bond donors (Lipinski definition) is 1. The van der Waals surface area contributed by atoms with Crippen molar-refractivity contribution < 1.29 is 14.3 Å². The van der Waals surface area contributed by atoms with Crippen LogP contribution in [-0.4, -0.2) is 33.6 Å². The quantitative estimate of drug-likeness (QED) is 0.335. The Morgan fingerprint density at radius 3 is 2.76 bits per heavy atom. The molecule has 0 amide bonds. The van der Waals surface area contributed by atoms with Crippen molar-refractivity contribution in [3.8, 4) is 5.75 Å². The maximum absolute atomic E-state index is 12.7. The second kappa shape index (κ2) is 10.3. The summed E-state index contributed by atoms with van der Waals surface area (Å²) in [7, 11) is 1.38. The number of rotatable bonds is 8. The van der Waals surface area contributed by atoms with Gasteiger partial charge in [-0.2, -0.15) is 4.98 Å². The molecule has 1 aromatic heterocycles. The van der Waals surface area contributed by atoms with Gasteiger partial charge in [0.15, 0.2) is 0 Å². The summed E-state index contributed by atoms with van der Waals surface area (Å²) in [5.41, 5.74) is 3.03. The van der Waals surface area contributed by atoms with Gasteiger partial charge in [0, 0.05) is 16.5 Å². The molecule has 0 aliphatic carbocycles. The van der Waals surface area contributed by atoms with Gasteiger partial charge in [0.05, 0.1) is 12.7 Å². The van der Waals surface area contributed by atoms with Crippen LogP contribution in [0.3, 0.4) is 0 Å². The van der Waals surface area contributed by atoms with Gasteiger partial charge in [-0.25, -0.2) is 9.48 Å². The second-order valence-electron chi connectivity index (χ2n) is 7.56. The number of allylic oxidation sites excluding steroid dienone is 1. The number of hydrogen-bond acceptors (Lipinski definition) is 7. The van der Waals surface area contributed by atoms with Crippen LogP contribution in [0.4, 0.5) is 5.95 Å². The average molecular weight is 485 g/mol. The monoisotopic (exact) mass is 484 g/mol. The highest BCUT2D eigenvalue weighted by atomic mass is 35.5. The van der Waals surface area contributed by atoms with Crippen LogP contribution in [0.5, 0.6) is 5.75 Å². The number of anilines is 1. The van der Waals surface area contributed by atoms with Crippen LogP contribution in [0.25, 0.3) is 0 Å². The molecule has 172 valence electrons. The predicted octanol–water partition coefficient (Wildman–Crippen LogP) is 5.47. The summed E-state index contributed by atoms with van der Waals surface area (Å²) in [6, 6.07) is 14.7. The molecule has 9 heteroatoms. The maximum atomic E-state index is 12.7. The van der Waals surface area contributed by atoms with Gasteiger partial charge in [0.2, 0.25) is 11.1 Å². The van der Waals surface area contributed by atoms with Crippen LogP contribution < -0.4 is 10.1 Å². The van der Waals surface area contributed by atoms with E-state index in [4.69, 9.17) is 21.1 Å². The van der Waals surface area contributed by atoms with Crippen molar-refractivity contribution in [2.75, 3.05) is 18.2 Å². The number of ether oxygens (including phenoxy) is 2. The molecule has 0 saturated carbocycles. The number of esters is 1. The summed E-state index contributed by atoms with van der Waals surface area (Å²) in [5.74, 6) is 1.78. The highest BCUT2D eigenvalue weighted by molar-refractivity contribution is 7.99. The third-order valence-corrected chi connectivity index (χ3v) is 6.46. The Morgan fingerprint density at radius 2 is 2.03 bits per heavy atom. The molecule has 1 aliphatic rings. The number of benzene rings is 2. The number of fused-ring (bicyclic) bond motifs is 1. The summed E-state index contributed by atoms with van der Waals surface area (Å²) in [6.07, 6.45) is 1.02. The van der Waals surface area contributed by atoms with Crippen LogP contribution >= 0.6 is 23.4 Å². The zero-order valence-electron chi connectivity index (χ0n) is 18.7. The Hall–Kier alpha value is -2.97. The maximum Gasteiger partial charge on any atom is 0.338 e. The molecular weight excluding hydrogens is 460 g/mol. The van der Waals surface area contributed by atoms with E-state index in [1.807, 2.05) is 55.5 Å². The smallest absolute Gasteiger partial charge is 0.338 e. The lowest BCUT2D eigenvalue weighted by molar-refractivity contribution is -0.136. The first-order valence-electron chi connectivity index (χ1n) is 10.6. The van der Waals surface area contributed by atoms with E-state index in [0.29, 0.717) is 39.8 Å². The number of nitrogens with one attached hydrogen (secondary N) is 1. The minimum absolute atomic E-state index is 0.401. The number of carbonyl (C=O) groups is 1. The van der Waals surface area contributed by atoms with Crippen LogP contribution in [0, 0.1) is 0 Å². The minimum atomic E-state index is -0.490. The van der Waals surface area contributed by atoms with Crippen molar-refractivity contribution in [1.82, 2.24) is 14.8 Å². The normalized spacial score (nSPS) is 15.1. The van der Waals surface area contributed by atoms with Crippen LogP contribution in [-0.2, 0) is 16.1 Å². The van der Waals surface area contributed by atoms with Gasteiger partial charge in [-0.05, 0) is 48.7 Å². The Bertz CT molecular complexity index is 1180. The number of halogens is 1. The molecular formula is C24H25ClN4O3S. The fourth-order valence-corrected chi connectivity index (χ4v) is 4.40. The van der Waals surface area contributed by atoms with Crippen molar-refractivity contribution in [1.29, 1.82) is 0 Å². The van der Waals surface area contributed by atoms with Gasteiger partial charge in [-0.15, -0.1) is 5.10 Å². The third-order valence-electron chi connectivity index (χ3n) is 5.17. The second-order valence-corrected chi connectivity index (χ2v) is 9.05. The molecule has 4 rings (SSSR count). The molecule has 0 bridgehead atoms. The lowest BCUT2D eigenvalue weighted by Crippen LogP contribution is -2.29. The van der Waals surface area contributed by atoms with Crippen molar-refractivity contribution >= 4 is 35.3 Å². The Morgan fingerprint density at radius 1 is 1.24 bits per heavy atom. The summed E-state index contributed by atoms with van der Waals surface area (Å²) in [4.78, 5) is 17.4. The lowest BCUT2D eigenvalue weighted by Gasteiger charge is -2.28. The number of aromatic nitrogens is 3. The number of methoxy groups -OCH3 is 1. The van der Waals surface area contributed by atoms with Gasteiger partial charge in [0.1, 0.15) is 18.4 Å². The Balaban J connectivity index is 1.67. The molecule has 7 nitrogen and oxygen atoms in total. The van der Waals surface area contributed by atoms with Crippen LogP contribution in [0.15, 0.2) is 65.0 Å². The van der Waals surface area contributed by atoms with Gasteiger partial charge in [-0.3, -0.25) is 0 Å². The molecule has 3 aromatic rings. The predicted molar refractivity (Wildman–Crippen MR) is 130 cm³/mol. The first kappa shape index (κ1) is 23.2. The van der Waals surface area contributed by atoms with E-state index in [9.17, 15) is 4.79 Å². The highest BCUT2D eigenvalue weighted by Crippen LogP contribution is 2.37. The summed E-state index contributed by atoms with van der Waals surface area (Å²) in [6.45, 7) is 4.36. The standard InChI is InChI=1S/C24H25ClN4O3S/c1-4-12-33-24-27-23-26-15(2)20(22(30)31-3)21(29(23)28-24)17-6-5-7-19(13-17)32-14-16-8-10-18(25)11-9-16/h5-11,13,21H,4,12,14H2,1-3H3,(H,26,27,28). The number of nitrogens with zero attached hydrogens (tertiary/aromatic N) is 3. The van der Waals surface area contributed by atoms with Crippen molar-refractivity contribution in [3.63, 3.8) is 0 Å². The molecule has 1 N–H and O–H groups in total. The van der Waals surface area contributed by atoms with E-state index in [2.05, 4.69) is 22.3 Å². The fourth-order valence-electron chi connectivity index (χ4n) is 3.59. The van der Waals surface area contributed by atoms with E-state index in [0.717, 1.165) is 23.3 Å². The van der Waals surface area contributed by atoms with Crippen molar-refractivity contribution in [2.24, 2.45) is 0 Å². The summed E-state index contributed by atoms with van der Waals surface area (Å²) < 4.78 is 12.9. The molecule has 1 atom stereocenters. The molecule has 2 aromatic carbocycles. The van der Waals surface area contributed by atoms with Crippen molar-refractivity contribution in [3.05, 3.63) is 76.0 Å². The molecule has 1 unspecified atom stereocenters. The SMILES string of the molecule is CCCSc1nc2n(n1)C(c1cccc(OCc3ccc(Cl)cc3)c1)C(C(=O)OC)=C(C)N2. The third kappa shape index (κ3) is 5.17. The number of thioether (sulfide) groups is 1. The first-order valence-corrected chi connectivity index (χ1v) is 12.0. The Labute approximate surface area is 202 Å². The summed E-state index contributed by atoms with van der Waals surface area (Å²) in [5, 5.41) is 9.24. The zero-order valence-corrected chi connectivity index (χ0v) is 20.2. The molecule has 1 aliphatic heterocycles. The van der Waals surface area contributed by atoms with Gasteiger partial charge in [-0.1, -0.05) is 54.6 Å². The van der Waals surface area contributed by atoms with Gasteiger partial charge >= 0.3 is 5.97 Å². The largest absolute Gasteiger partial charge is 0.489 e. The van der Waals surface area contributed by atoms with Crippen molar-refractivity contribution in [2.45, 2.75) is 38.1 Å². The molecule has 33 heavy (non-hydrogen) atoms. The fraction of sp³-hybridized carbons (Fsp3) is 0.292.